The van der Waals surface area contributed by atoms with Gasteiger partial charge in [0.25, 0.3) is 0 Å². The van der Waals surface area contributed by atoms with Crippen molar-refractivity contribution in [3.8, 4) is 0 Å². The number of hydrogen-bond acceptors (Lipinski definition) is 2. The summed E-state index contributed by atoms with van der Waals surface area (Å²) >= 11 is 5.73. The number of aryl methyl sites for hydroxylation is 1. The van der Waals surface area contributed by atoms with E-state index in [0.717, 1.165) is 30.0 Å². The molecule has 0 heterocycles. The third-order valence-electron chi connectivity index (χ3n) is 2.34. The van der Waals surface area contributed by atoms with Crippen molar-refractivity contribution in [2.45, 2.75) is 26.9 Å². The van der Waals surface area contributed by atoms with Crippen LogP contribution in [0.5, 0.6) is 0 Å². The minimum atomic E-state index is 0.406. The Kier molecular flexibility index (Phi) is 6.09. The number of rotatable bonds is 7. The van der Waals surface area contributed by atoms with E-state index in [1.807, 2.05) is 0 Å². The summed E-state index contributed by atoms with van der Waals surface area (Å²) in [4.78, 5) is 0. The quantitative estimate of drug-likeness (QED) is 0.584. The van der Waals surface area contributed by atoms with Crippen molar-refractivity contribution in [1.82, 2.24) is 0 Å². The van der Waals surface area contributed by atoms with Crippen molar-refractivity contribution in [1.29, 1.82) is 0 Å². The Hall–Kier alpha value is -0.990. The van der Waals surface area contributed by atoms with Gasteiger partial charge in [-0.15, -0.1) is 11.6 Å². The highest BCUT2D eigenvalue weighted by atomic mass is 35.5. The SMILES string of the molecule is C=C(CCl)Nc1cc(C)ccc1COCCC. The minimum Gasteiger partial charge on any atom is -0.377 e. The molecule has 0 saturated heterocycles. The highest BCUT2D eigenvalue weighted by Crippen LogP contribution is 2.20. The Morgan fingerprint density at radius 1 is 1.47 bits per heavy atom. The van der Waals surface area contributed by atoms with Gasteiger partial charge < -0.3 is 10.1 Å². The van der Waals surface area contributed by atoms with Crippen LogP contribution in [-0.4, -0.2) is 12.5 Å². The molecule has 0 unspecified atom stereocenters. The third kappa shape index (κ3) is 4.80. The van der Waals surface area contributed by atoms with Gasteiger partial charge in [-0.05, 0) is 25.0 Å². The van der Waals surface area contributed by atoms with Crippen molar-refractivity contribution >= 4 is 17.3 Å². The van der Waals surface area contributed by atoms with Crippen molar-refractivity contribution < 1.29 is 4.74 Å². The Morgan fingerprint density at radius 2 is 2.24 bits per heavy atom. The molecule has 0 aliphatic heterocycles. The van der Waals surface area contributed by atoms with Gasteiger partial charge in [-0.3, -0.25) is 0 Å². The second-order valence-electron chi connectivity index (χ2n) is 4.08. The summed E-state index contributed by atoms with van der Waals surface area (Å²) in [5, 5.41) is 3.22. The number of allylic oxidation sites excluding steroid dienone is 1. The minimum absolute atomic E-state index is 0.406. The summed E-state index contributed by atoms with van der Waals surface area (Å²) in [6, 6.07) is 6.25. The van der Waals surface area contributed by atoms with E-state index in [-0.39, 0.29) is 0 Å². The first-order chi connectivity index (χ1) is 8.17. The van der Waals surface area contributed by atoms with E-state index >= 15 is 0 Å². The average Bonchev–Trinajstić information content (AvgIpc) is 2.32. The lowest BCUT2D eigenvalue weighted by Crippen LogP contribution is -2.04. The molecule has 94 valence electrons. The molecular weight excluding hydrogens is 234 g/mol. The molecule has 0 fully saturated rings. The van der Waals surface area contributed by atoms with Crippen LogP contribution in [-0.2, 0) is 11.3 Å². The van der Waals surface area contributed by atoms with Gasteiger partial charge in [0.15, 0.2) is 0 Å². The van der Waals surface area contributed by atoms with E-state index in [9.17, 15) is 0 Å². The van der Waals surface area contributed by atoms with E-state index in [1.165, 1.54) is 5.56 Å². The number of anilines is 1. The number of ether oxygens (including phenoxy) is 1. The Bertz CT molecular complexity index is 376. The molecule has 0 aromatic heterocycles. The standard InChI is InChI=1S/C14H20ClNO/c1-4-7-17-10-13-6-5-11(2)8-14(13)16-12(3)9-15/h5-6,8,16H,3-4,7,9-10H2,1-2H3. The lowest BCUT2D eigenvalue weighted by molar-refractivity contribution is 0.122. The second-order valence-corrected chi connectivity index (χ2v) is 4.34. The van der Waals surface area contributed by atoms with E-state index in [0.29, 0.717) is 12.5 Å². The van der Waals surface area contributed by atoms with Crippen LogP contribution in [0, 0.1) is 6.92 Å². The topological polar surface area (TPSA) is 21.3 Å². The maximum Gasteiger partial charge on any atom is 0.0737 e. The molecule has 0 aliphatic rings. The van der Waals surface area contributed by atoms with E-state index in [2.05, 4.69) is 43.9 Å². The third-order valence-corrected chi connectivity index (χ3v) is 2.67. The number of alkyl halides is 1. The first-order valence-corrected chi connectivity index (χ1v) is 6.38. The molecule has 0 aliphatic carbocycles. The van der Waals surface area contributed by atoms with Gasteiger partial charge in [0.2, 0.25) is 0 Å². The smallest absolute Gasteiger partial charge is 0.0737 e. The predicted octanol–water partition coefficient (Wildman–Crippen LogP) is 4.09. The predicted molar refractivity (Wildman–Crippen MR) is 74.6 cm³/mol. The van der Waals surface area contributed by atoms with Crippen LogP contribution in [0.2, 0.25) is 0 Å². The Balaban J connectivity index is 2.76. The lowest BCUT2D eigenvalue weighted by Gasteiger charge is -2.13. The number of nitrogens with one attached hydrogen (secondary N) is 1. The summed E-state index contributed by atoms with van der Waals surface area (Å²) in [5.74, 6) is 0.406. The van der Waals surface area contributed by atoms with Crippen LogP contribution < -0.4 is 5.32 Å². The first-order valence-electron chi connectivity index (χ1n) is 5.85. The zero-order chi connectivity index (χ0) is 12.7. The highest BCUT2D eigenvalue weighted by molar-refractivity contribution is 6.19. The molecule has 1 N–H and O–H groups in total. The molecule has 17 heavy (non-hydrogen) atoms. The van der Waals surface area contributed by atoms with Gasteiger partial charge in [-0.1, -0.05) is 25.6 Å². The van der Waals surface area contributed by atoms with Gasteiger partial charge in [-0.2, -0.15) is 0 Å². The molecule has 0 saturated carbocycles. The van der Waals surface area contributed by atoms with Gasteiger partial charge in [-0.25, -0.2) is 0 Å². The number of hydrogen-bond donors (Lipinski definition) is 1. The molecule has 0 spiro atoms. The number of halogens is 1. The Labute approximate surface area is 109 Å². The van der Waals surface area contributed by atoms with Crippen molar-refractivity contribution in [2.75, 3.05) is 17.8 Å². The summed E-state index contributed by atoms with van der Waals surface area (Å²) < 4.78 is 5.56. The maximum absolute atomic E-state index is 5.73. The van der Waals surface area contributed by atoms with Crippen molar-refractivity contribution in [3.05, 3.63) is 41.6 Å². The van der Waals surface area contributed by atoms with Crippen LogP contribution in [0.4, 0.5) is 5.69 Å². The van der Waals surface area contributed by atoms with Crippen LogP contribution in [0.1, 0.15) is 24.5 Å². The molecule has 1 rings (SSSR count). The fraction of sp³-hybridized carbons (Fsp3) is 0.429. The van der Waals surface area contributed by atoms with E-state index in [4.69, 9.17) is 16.3 Å². The van der Waals surface area contributed by atoms with Crippen LogP contribution in [0.3, 0.4) is 0 Å². The summed E-state index contributed by atoms with van der Waals surface area (Å²) in [6.07, 6.45) is 1.03. The van der Waals surface area contributed by atoms with E-state index < -0.39 is 0 Å². The molecule has 0 atom stereocenters. The maximum atomic E-state index is 5.73. The van der Waals surface area contributed by atoms with Gasteiger partial charge in [0.1, 0.15) is 0 Å². The fourth-order valence-electron chi connectivity index (χ4n) is 1.48. The summed E-state index contributed by atoms with van der Waals surface area (Å²) in [5.41, 5.74) is 4.17. The number of benzene rings is 1. The average molecular weight is 254 g/mol. The highest BCUT2D eigenvalue weighted by Gasteiger charge is 2.04. The molecule has 3 heteroatoms. The van der Waals surface area contributed by atoms with Crippen molar-refractivity contribution in [3.63, 3.8) is 0 Å². The van der Waals surface area contributed by atoms with E-state index in [1.54, 1.807) is 0 Å². The molecule has 1 aromatic carbocycles. The molecule has 2 nitrogen and oxygen atoms in total. The van der Waals surface area contributed by atoms with Gasteiger partial charge >= 0.3 is 0 Å². The van der Waals surface area contributed by atoms with Gasteiger partial charge in [0.05, 0.1) is 12.5 Å². The lowest BCUT2D eigenvalue weighted by atomic mass is 10.1. The Morgan fingerprint density at radius 3 is 2.88 bits per heavy atom. The van der Waals surface area contributed by atoms with Crippen molar-refractivity contribution in [2.24, 2.45) is 0 Å². The van der Waals surface area contributed by atoms with Gasteiger partial charge in [0, 0.05) is 23.6 Å². The van der Waals surface area contributed by atoms with Crippen LogP contribution in [0.25, 0.3) is 0 Å². The molecule has 1 aromatic rings. The van der Waals surface area contributed by atoms with Crippen LogP contribution in [0.15, 0.2) is 30.5 Å². The summed E-state index contributed by atoms with van der Waals surface area (Å²) in [7, 11) is 0. The molecule has 0 radical (unpaired) electrons. The second kappa shape index (κ2) is 7.36. The zero-order valence-electron chi connectivity index (χ0n) is 10.6. The monoisotopic (exact) mass is 253 g/mol. The first kappa shape index (κ1) is 14.1. The zero-order valence-corrected chi connectivity index (χ0v) is 11.3. The normalized spacial score (nSPS) is 10.3. The van der Waals surface area contributed by atoms with Crippen LogP contribution >= 0.6 is 11.6 Å². The molecular formula is C14H20ClNO. The summed E-state index contributed by atoms with van der Waals surface area (Å²) in [6.45, 7) is 9.41. The largest absolute Gasteiger partial charge is 0.377 e. The molecule has 0 amide bonds. The fourth-order valence-corrected chi connectivity index (χ4v) is 1.55. The molecule has 0 bridgehead atoms.